The van der Waals surface area contributed by atoms with E-state index >= 15 is 0 Å². The summed E-state index contributed by atoms with van der Waals surface area (Å²) in [6.45, 7) is 1.91. The fourth-order valence-corrected chi connectivity index (χ4v) is 3.75. The number of rotatable bonds is 7. The number of carboxylic acids is 1. The molecule has 0 atom stereocenters. The highest BCUT2D eigenvalue weighted by Crippen LogP contribution is 2.36. The highest BCUT2D eigenvalue weighted by atomic mass is 16.7. The predicted molar refractivity (Wildman–Crippen MR) is 119 cm³/mol. The van der Waals surface area contributed by atoms with Gasteiger partial charge in [0.25, 0.3) is 0 Å². The Morgan fingerprint density at radius 2 is 1.66 bits per heavy atom. The van der Waals surface area contributed by atoms with E-state index < -0.39 is 5.97 Å². The molecule has 0 amide bonds. The lowest BCUT2D eigenvalue weighted by molar-refractivity contribution is -0.130. The minimum absolute atomic E-state index is 0.0642. The van der Waals surface area contributed by atoms with Crippen LogP contribution < -0.4 is 14.2 Å². The molecule has 0 bridgehead atoms. The van der Waals surface area contributed by atoms with Crippen molar-refractivity contribution in [2.45, 2.75) is 13.3 Å². The van der Waals surface area contributed by atoms with Crippen molar-refractivity contribution < 1.29 is 28.9 Å². The smallest absolute Gasteiger partial charge is 0.336 e. The van der Waals surface area contributed by atoms with Gasteiger partial charge in [-0.2, -0.15) is 0 Å². The molecule has 0 fully saturated rings. The maximum atomic E-state index is 13.6. The van der Waals surface area contributed by atoms with E-state index in [1.807, 2.05) is 37.3 Å². The number of fused-ring (bicyclic) bond motifs is 1. The van der Waals surface area contributed by atoms with Gasteiger partial charge in [-0.25, -0.2) is 4.79 Å². The Morgan fingerprint density at radius 3 is 2.34 bits per heavy atom. The second kappa shape index (κ2) is 8.98. The summed E-state index contributed by atoms with van der Waals surface area (Å²) < 4.78 is 16.0. The fraction of sp³-hybridized carbons (Fsp3) is 0.154. The summed E-state index contributed by atoms with van der Waals surface area (Å²) >= 11 is 0. The third-order valence-electron chi connectivity index (χ3n) is 5.33. The molecule has 4 rings (SSSR count). The topological polar surface area (TPSA) is 82.1 Å². The summed E-state index contributed by atoms with van der Waals surface area (Å²) in [5.74, 6) is 0.112. The number of hydrogen-bond acceptors (Lipinski definition) is 5. The highest BCUT2D eigenvalue weighted by molar-refractivity contribution is 6.26. The number of aliphatic carboxylic acids is 1. The molecule has 162 valence electrons. The Hall–Kier alpha value is -4.06. The van der Waals surface area contributed by atoms with E-state index in [1.54, 1.807) is 43.5 Å². The van der Waals surface area contributed by atoms with Crippen molar-refractivity contribution in [1.82, 2.24) is 0 Å². The number of ether oxygens (including phenoxy) is 3. The van der Waals surface area contributed by atoms with Crippen LogP contribution in [0.15, 0.2) is 72.3 Å². The third-order valence-corrected chi connectivity index (χ3v) is 5.33. The van der Waals surface area contributed by atoms with Crippen molar-refractivity contribution in [3.8, 4) is 17.2 Å². The number of allylic oxidation sites excluding steroid dienone is 1. The molecule has 6 heteroatoms. The van der Waals surface area contributed by atoms with Gasteiger partial charge in [0.1, 0.15) is 5.75 Å². The quantitative estimate of drug-likeness (QED) is 0.432. The van der Waals surface area contributed by atoms with Gasteiger partial charge in [-0.15, -0.1) is 0 Å². The SMILES string of the molecule is COc1ccc(C(=O)C(Cc2ccccc2)=C(C(=O)O)c2ccc3c(c2)OCO3)cc1C. The maximum Gasteiger partial charge on any atom is 0.336 e. The number of carbonyl (C=O) groups excluding carboxylic acids is 1. The zero-order chi connectivity index (χ0) is 22.7. The van der Waals surface area contributed by atoms with Crippen LogP contribution in [0.5, 0.6) is 17.2 Å². The average Bonchev–Trinajstić information content (AvgIpc) is 3.26. The van der Waals surface area contributed by atoms with Crippen molar-refractivity contribution in [1.29, 1.82) is 0 Å². The molecule has 0 spiro atoms. The summed E-state index contributed by atoms with van der Waals surface area (Å²) in [5.41, 5.74) is 2.52. The number of carbonyl (C=O) groups is 2. The Labute approximate surface area is 185 Å². The standard InChI is InChI=1S/C26H22O6/c1-16-12-19(9-10-21(16)30-2)25(27)20(13-17-6-4-3-5-7-17)24(26(28)29)18-8-11-22-23(14-18)32-15-31-22/h3-12,14H,13,15H2,1-2H3,(H,28,29). The molecule has 0 aromatic heterocycles. The second-order valence-electron chi connectivity index (χ2n) is 7.40. The molecule has 1 N–H and O–H groups in total. The summed E-state index contributed by atoms with van der Waals surface area (Å²) in [4.78, 5) is 26.1. The molecule has 3 aromatic carbocycles. The van der Waals surface area contributed by atoms with Crippen LogP contribution in [0.1, 0.15) is 27.0 Å². The normalized spacial score (nSPS) is 12.8. The van der Waals surface area contributed by atoms with E-state index in [0.717, 1.165) is 11.1 Å². The van der Waals surface area contributed by atoms with Crippen LogP contribution in [0.4, 0.5) is 0 Å². The molecule has 1 aliphatic heterocycles. The Morgan fingerprint density at radius 1 is 0.938 bits per heavy atom. The van der Waals surface area contributed by atoms with Crippen LogP contribution in [0.25, 0.3) is 5.57 Å². The zero-order valence-electron chi connectivity index (χ0n) is 17.8. The molecule has 0 saturated heterocycles. The number of carboxylic acid groups (broad SMARTS) is 1. The first-order chi connectivity index (χ1) is 15.5. The number of Topliss-reactive ketones (excluding diaryl/α,β-unsaturated/α-hetero) is 1. The highest BCUT2D eigenvalue weighted by Gasteiger charge is 2.26. The average molecular weight is 430 g/mol. The lowest BCUT2D eigenvalue weighted by atomic mass is 9.89. The molecule has 0 radical (unpaired) electrons. The molecule has 0 aliphatic carbocycles. The van der Waals surface area contributed by atoms with Gasteiger partial charge >= 0.3 is 5.97 Å². The predicted octanol–water partition coefficient (Wildman–Crippen LogP) is 4.70. The molecule has 1 aliphatic rings. The Balaban J connectivity index is 1.88. The van der Waals surface area contributed by atoms with E-state index in [-0.39, 0.29) is 30.1 Å². The van der Waals surface area contributed by atoms with Gasteiger partial charge < -0.3 is 19.3 Å². The summed E-state index contributed by atoms with van der Waals surface area (Å²) in [7, 11) is 1.56. The lowest BCUT2D eigenvalue weighted by Gasteiger charge is -2.14. The summed E-state index contributed by atoms with van der Waals surface area (Å²) in [6.07, 6.45) is 0.167. The number of benzene rings is 3. The van der Waals surface area contributed by atoms with Crippen LogP contribution in [-0.2, 0) is 11.2 Å². The first-order valence-electron chi connectivity index (χ1n) is 10.1. The van der Waals surface area contributed by atoms with Crippen LogP contribution >= 0.6 is 0 Å². The van der Waals surface area contributed by atoms with Gasteiger partial charge in [-0.1, -0.05) is 36.4 Å². The molecular weight excluding hydrogens is 408 g/mol. The largest absolute Gasteiger partial charge is 0.496 e. The van der Waals surface area contributed by atoms with Gasteiger partial charge in [-0.3, -0.25) is 4.79 Å². The van der Waals surface area contributed by atoms with E-state index in [9.17, 15) is 14.7 Å². The number of ketones is 1. The van der Waals surface area contributed by atoms with Crippen LogP contribution in [-0.4, -0.2) is 30.8 Å². The van der Waals surface area contributed by atoms with Gasteiger partial charge in [0.2, 0.25) is 6.79 Å². The summed E-state index contributed by atoms with van der Waals surface area (Å²) in [6, 6.07) is 19.3. The molecule has 0 unspecified atom stereocenters. The molecule has 3 aromatic rings. The Kier molecular flexibility index (Phi) is 5.94. The van der Waals surface area contributed by atoms with Gasteiger partial charge in [-0.05, 0) is 53.9 Å². The summed E-state index contributed by atoms with van der Waals surface area (Å²) in [5, 5.41) is 10.2. The second-order valence-corrected chi connectivity index (χ2v) is 7.40. The van der Waals surface area contributed by atoms with Gasteiger partial charge in [0, 0.05) is 17.6 Å². The number of aryl methyl sites for hydroxylation is 1. The van der Waals surface area contributed by atoms with E-state index in [4.69, 9.17) is 14.2 Å². The van der Waals surface area contributed by atoms with Crippen molar-refractivity contribution in [3.63, 3.8) is 0 Å². The minimum atomic E-state index is -1.19. The van der Waals surface area contributed by atoms with Gasteiger partial charge in [0.15, 0.2) is 17.3 Å². The van der Waals surface area contributed by atoms with Crippen LogP contribution in [0.2, 0.25) is 0 Å². The van der Waals surface area contributed by atoms with Crippen molar-refractivity contribution in [2.75, 3.05) is 13.9 Å². The van der Waals surface area contributed by atoms with E-state index in [1.165, 1.54) is 0 Å². The van der Waals surface area contributed by atoms with E-state index in [2.05, 4.69) is 0 Å². The molecule has 1 heterocycles. The first-order valence-corrected chi connectivity index (χ1v) is 10.1. The number of methoxy groups -OCH3 is 1. The van der Waals surface area contributed by atoms with E-state index in [0.29, 0.717) is 28.4 Å². The molecule has 0 saturated carbocycles. The Bertz CT molecular complexity index is 1210. The minimum Gasteiger partial charge on any atom is -0.496 e. The van der Waals surface area contributed by atoms with Crippen molar-refractivity contribution in [2.24, 2.45) is 0 Å². The molecular formula is C26H22O6. The zero-order valence-corrected chi connectivity index (χ0v) is 17.8. The van der Waals surface area contributed by atoms with Gasteiger partial charge in [0.05, 0.1) is 12.7 Å². The molecule has 32 heavy (non-hydrogen) atoms. The molecule has 6 nitrogen and oxygen atoms in total. The first kappa shape index (κ1) is 21.2. The maximum absolute atomic E-state index is 13.6. The van der Waals surface area contributed by atoms with Crippen molar-refractivity contribution in [3.05, 3.63) is 94.6 Å². The van der Waals surface area contributed by atoms with Crippen LogP contribution in [0, 0.1) is 6.92 Å². The number of hydrogen-bond donors (Lipinski definition) is 1. The van der Waals surface area contributed by atoms with Crippen molar-refractivity contribution >= 4 is 17.3 Å². The fourth-order valence-electron chi connectivity index (χ4n) is 3.75. The monoisotopic (exact) mass is 430 g/mol. The van der Waals surface area contributed by atoms with Crippen LogP contribution in [0.3, 0.4) is 0 Å². The lowest BCUT2D eigenvalue weighted by Crippen LogP contribution is -2.14. The third kappa shape index (κ3) is 4.21.